The van der Waals surface area contributed by atoms with E-state index in [0.29, 0.717) is 10.6 Å². The monoisotopic (exact) mass is 354 g/mol. The summed E-state index contributed by atoms with van der Waals surface area (Å²) in [7, 11) is 0. The molecule has 0 spiro atoms. The number of rotatable bonds is 3. The molecule has 2 aromatic rings. The molecule has 2 heterocycles. The number of thiophene rings is 1. The standard InChI is InChI=1S/C13H11BrN2O3S/c1-8-2-3-9(19-8)4-7-12(17)15-16-13(18)10-5-6-11(14)20-10/h2-7H,1H3,(H,15,17)(H,16,18)/b7-4+. The highest BCUT2D eigenvalue weighted by molar-refractivity contribution is 9.11. The summed E-state index contributed by atoms with van der Waals surface area (Å²) in [6, 6.07) is 6.98. The van der Waals surface area contributed by atoms with Crippen LogP contribution in [0.5, 0.6) is 0 Å². The zero-order valence-electron chi connectivity index (χ0n) is 10.5. The van der Waals surface area contributed by atoms with Crippen molar-refractivity contribution in [1.82, 2.24) is 10.9 Å². The highest BCUT2D eigenvalue weighted by Crippen LogP contribution is 2.21. The number of halogens is 1. The van der Waals surface area contributed by atoms with Crippen molar-refractivity contribution in [2.75, 3.05) is 0 Å². The summed E-state index contributed by atoms with van der Waals surface area (Å²) in [6.07, 6.45) is 2.80. The van der Waals surface area contributed by atoms with Crippen LogP contribution < -0.4 is 10.9 Å². The van der Waals surface area contributed by atoms with Crippen molar-refractivity contribution in [2.24, 2.45) is 0 Å². The number of hydrogen-bond donors (Lipinski definition) is 2. The van der Waals surface area contributed by atoms with Gasteiger partial charge in [0.05, 0.1) is 8.66 Å². The number of hydrogen-bond acceptors (Lipinski definition) is 4. The molecular weight excluding hydrogens is 344 g/mol. The quantitative estimate of drug-likeness (QED) is 0.657. The molecule has 0 aliphatic carbocycles. The molecule has 2 N–H and O–H groups in total. The molecular formula is C13H11BrN2O3S. The lowest BCUT2D eigenvalue weighted by atomic mass is 10.4. The number of furan rings is 1. The van der Waals surface area contributed by atoms with Crippen LogP contribution in [0.2, 0.25) is 0 Å². The average molecular weight is 355 g/mol. The molecule has 0 radical (unpaired) electrons. The Morgan fingerprint density at radius 3 is 2.65 bits per heavy atom. The van der Waals surface area contributed by atoms with E-state index in [1.807, 2.05) is 6.92 Å². The van der Waals surface area contributed by atoms with Gasteiger partial charge < -0.3 is 4.42 Å². The van der Waals surface area contributed by atoms with Crippen molar-refractivity contribution in [2.45, 2.75) is 6.92 Å². The summed E-state index contributed by atoms with van der Waals surface area (Å²) in [5.74, 6) is 0.534. The Bertz CT molecular complexity index is 660. The van der Waals surface area contributed by atoms with Gasteiger partial charge in [0.15, 0.2) is 0 Å². The normalized spacial score (nSPS) is 10.7. The van der Waals surface area contributed by atoms with Crippen LogP contribution in [0.15, 0.2) is 38.5 Å². The average Bonchev–Trinajstić information content (AvgIpc) is 3.02. The molecule has 0 saturated carbocycles. The van der Waals surface area contributed by atoms with Gasteiger partial charge >= 0.3 is 0 Å². The van der Waals surface area contributed by atoms with E-state index in [-0.39, 0.29) is 5.91 Å². The van der Waals surface area contributed by atoms with Gasteiger partial charge in [-0.3, -0.25) is 20.4 Å². The zero-order chi connectivity index (χ0) is 14.5. The first-order valence-corrected chi connectivity index (χ1v) is 7.26. The summed E-state index contributed by atoms with van der Waals surface area (Å²) >= 11 is 4.54. The summed E-state index contributed by atoms with van der Waals surface area (Å²) in [5.41, 5.74) is 4.61. The van der Waals surface area contributed by atoms with Gasteiger partial charge in [0.25, 0.3) is 11.8 Å². The molecule has 2 rings (SSSR count). The van der Waals surface area contributed by atoms with Crippen LogP contribution >= 0.6 is 27.3 Å². The molecule has 0 aliphatic rings. The fourth-order valence-electron chi connectivity index (χ4n) is 1.36. The first-order valence-electron chi connectivity index (χ1n) is 5.65. The second kappa shape index (κ2) is 6.53. The van der Waals surface area contributed by atoms with Gasteiger partial charge in [0.1, 0.15) is 11.5 Å². The van der Waals surface area contributed by atoms with Crippen LogP contribution in [0.4, 0.5) is 0 Å². The summed E-state index contributed by atoms with van der Waals surface area (Å²) in [4.78, 5) is 23.7. The van der Waals surface area contributed by atoms with Crippen LogP contribution in [0.25, 0.3) is 6.08 Å². The summed E-state index contributed by atoms with van der Waals surface area (Å²) in [6.45, 7) is 1.82. The largest absolute Gasteiger partial charge is 0.462 e. The van der Waals surface area contributed by atoms with Crippen LogP contribution in [-0.2, 0) is 4.79 Å². The molecule has 0 saturated heterocycles. The molecule has 0 aromatic carbocycles. The van der Waals surface area contributed by atoms with E-state index in [2.05, 4.69) is 26.8 Å². The van der Waals surface area contributed by atoms with Crippen molar-refractivity contribution < 1.29 is 14.0 Å². The third-order valence-electron chi connectivity index (χ3n) is 2.26. The lowest BCUT2D eigenvalue weighted by Crippen LogP contribution is -2.40. The molecule has 20 heavy (non-hydrogen) atoms. The van der Waals surface area contributed by atoms with Crippen LogP contribution in [0.1, 0.15) is 21.2 Å². The Labute approximate surface area is 127 Å². The second-order valence-corrected chi connectivity index (χ2v) is 6.29. The number of aryl methyl sites for hydroxylation is 1. The predicted molar refractivity (Wildman–Crippen MR) is 80.1 cm³/mol. The van der Waals surface area contributed by atoms with E-state index in [1.165, 1.54) is 23.5 Å². The molecule has 0 bridgehead atoms. The third kappa shape index (κ3) is 4.07. The Morgan fingerprint density at radius 2 is 2.05 bits per heavy atom. The minimum absolute atomic E-state index is 0.365. The zero-order valence-corrected chi connectivity index (χ0v) is 12.9. The van der Waals surface area contributed by atoms with E-state index in [0.717, 1.165) is 9.55 Å². The molecule has 0 aliphatic heterocycles. The second-order valence-electron chi connectivity index (χ2n) is 3.83. The van der Waals surface area contributed by atoms with Crippen LogP contribution in [-0.4, -0.2) is 11.8 Å². The SMILES string of the molecule is Cc1ccc(/C=C/C(=O)NNC(=O)c2ccc(Br)s2)o1. The first-order chi connectivity index (χ1) is 9.54. The molecule has 5 nitrogen and oxygen atoms in total. The van der Waals surface area contributed by atoms with E-state index in [1.54, 1.807) is 24.3 Å². The van der Waals surface area contributed by atoms with Gasteiger partial charge in [-0.15, -0.1) is 11.3 Å². The van der Waals surface area contributed by atoms with E-state index < -0.39 is 5.91 Å². The summed E-state index contributed by atoms with van der Waals surface area (Å²) in [5, 5.41) is 0. The fraction of sp³-hybridized carbons (Fsp3) is 0.0769. The minimum Gasteiger partial charge on any atom is -0.462 e. The molecule has 2 aromatic heterocycles. The third-order valence-corrected chi connectivity index (χ3v) is 3.88. The number of carbonyl (C=O) groups excluding carboxylic acids is 2. The number of amides is 2. The first kappa shape index (κ1) is 14.5. The maximum absolute atomic E-state index is 11.7. The number of hydrazine groups is 1. The highest BCUT2D eigenvalue weighted by Gasteiger charge is 2.08. The van der Waals surface area contributed by atoms with Gasteiger partial charge in [0, 0.05) is 6.08 Å². The Balaban J connectivity index is 1.83. The Morgan fingerprint density at radius 1 is 1.25 bits per heavy atom. The minimum atomic E-state index is -0.442. The predicted octanol–water partition coefficient (Wildman–Crippen LogP) is 2.89. The van der Waals surface area contributed by atoms with E-state index in [4.69, 9.17) is 4.42 Å². The highest BCUT2D eigenvalue weighted by atomic mass is 79.9. The van der Waals surface area contributed by atoms with Crippen molar-refractivity contribution in [3.05, 3.63) is 50.5 Å². The number of carbonyl (C=O) groups is 2. The van der Waals surface area contributed by atoms with Gasteiger partial charge in [0.2, 0.25) is 0 Å². The molecule has 0 fully saturated rings. The maximum atomic E-state index is 11.7. The molecule has 2 amide bonds. The van der Waals surface area contributed by atoms with Crippen molar-refractivity contribution in [3.8, 4) is 0 Å². The van der Waals surface area contributed by atoms with Crippen molar-refractivity contribution >= 4 is 45.2 Å². The number of nitrogens with one attached hydrogen (secondary N) is 2. The van der Waals surface area contributed by atoms with Gasteiger partial charge in [-0.1, -0.05) is 0 Å². The smallest absolute Gasteiger partial charge is 0.279 e. The van der Waals surface area contributed by atoms with E-state index >= 15 is 0 Å². The Hall–Kier alpha value is -1.86. The summed E-state index contributed by atoms with van der Waals surface area (Å²) < 4.78 is 6.12. The van der Waals surface area contributed by atoms with Crippen molar-refractivity contribution in [1.29, 1.82) is 0 Å². The molecule has 104 valence electrons. The molecule has 0 unspecified atom stereocenters. The van der Waals surface area contributed by atoms with Gasteiger partial charge in [-0.2, -0.15) is 0 Å². The molecule has 0 atom stereocenters. The lowest BCUT2D eigenvalue weighted by Gasteiger charge is -2.02. The topological polar surface area (TPSA) is 71.3 Å². The maximum Gasteiger partial charge on any atom is 0.279 e. The molecule has 7 heteroatoms. The van der Waals surface area contributed by atoms with E-state index in [9.17, 15) is 9.59 Å². The van der Waals surface area contributed by atoms with Crippen LogP contribution in [0.3, 0.4) is 0 Å². The van der Waals surface area contributed by atoms with Gasteiger partial charge in [-0.25, -0.2) is 0 Å². The lowest BCUT2D eigenvalue weighted by molar-refractivity contribution is -0.117. The van der Waals surface area contributed by atoms with Crippen molar-refractivity contribution in [3.63, 3.8) is 0 Å². The fourth-order valence-corrected chi connectivity index (χ4v) is 2.64. The van der Waals surface area contributed by atoms with Crippen LogP contribution in [0, 0.1) is 6.92 Å². The Kier molecular flexibility index (Phi) is 4.75. The van der Waals surface area contributed by atoms with Gasteiger partial charge in [-0.05, 0) is 53.2 Å².